The lowest BCUT2D eigenvalue weighted by Crippen LogP contribution is -2.37. The smallest absolute Gasteiger partial charge is 0.168 e. The van der Waals surface area contributed by atoms with E-state index in [1.807, 2.05) is 58.0 Å². The van der Waals surface area contributed by atoms with E-state index in [0.717, 1.165) is 5.56 Å². The standard InChI is InChI=1S/C18H23NO2/c1-12(19-18(2,3)4)17-15(20)10-14(11-16(17)21)13-8-6-5-7-9-13/h5-9,14,19H,10-11H2,1-4H3. The molecule has 1 aliphatic rings. The number of hydrogen-bond donors (Lipinski definition) is 1. The van der Waals surface area contributed by atoms with Crippen LogP contribution in [0, 0.1) is 0 Å². The van der Waals surface area contributed by atoms with Gasteiger partial charge in [-0.2, -0.15) is 0 Å². The molecule has 21 heavy (non-hydrogen) atoms. The molecule has 1 aromatic carbocycles. The maximum Gasteiger partial charge on any atom is 0.168 e. The third-order valence-electron chi connectivity index (χ3n) is 3.63. The van der Waals surface area contributed by atoms with Gasteiger partial charge < -0.3 is 5.32 Å². The van der Waals surface area contributed by atoms with Crippen LogP contribution < -0.4 is 5.32 Å². The van der Waals surface area contributed by atoms with Crippen LogP contribution in [0.1, 0.15) is 52.0 Å². The minimum absolute atomic E-state index is 0.0115. The van der Waals surface area contributed by atoms with Crippen molar-refractivity contribution in [1.82, 2.24) is 5.32 Å². The van der Waals surface area contributed by atoms with Gasteiger partial charge in [-0.05, 0) is 39.2 Å². The topological polar surface area (TPSA) is 46.2 Å². The summed E-state index contributed by atoms with van der Waals surface area (Å²) in [6.07, 6.45) is 0.822. The van der Waals surface area contributed by atoms with Crippen LogP contribution in [0.5, 0.6) is 0 Å². The zero-order chi connectivity index (χ0) is 15.6. The van der Waals surface area contributed by atoms with Gasteiger partial charge in [0.05, 0.1) is 5.57 Å². The maximum absolute atomic E-state index is 12.4. The highest BCUT2D eigenvalue weighted by Crippen LogP contribution is 2.32. The molecule has 2 rings (SSSR count). The molecule has 1 N–H and O–H groups in total. The first-order valence-corrected chi connectivity index (χ1v) is 7.38. The first kappa shape index (κ1) is 15.5. The fourth-order valence-corrected chi connectivity index (χ4v) is 2.88. The molecule has 0 atom stereocenters. The van der Waals surface area contributed by atoms with Gasteiger partial charge in [-0.1, -0.05) is 30.3 Å². The molecule has 0 aromatic heterocycles. The monoisotopic (exact) mass is 285 g/mol. The van der Waals surface area contributed by atoms with Gasteiger partial charge in [0.1, 0.15) is 0 Å². The van der Waals surface area contributed by atoms with E-state index in [0.29, 0.717) is 24.1 Å². The molecule has 0 aliphatic heterocycles. The van der Waals surface area contributed by atoms with E-state index in [1.54, 1.807) is 0 Å². The van der Waals surface area contributed by atoms with Crippen LogP contribution in [-0.4, -0.2) is 17.1 Å². The van der Waals surface area contributed by atoms with E-state index in [2.05, 4.69) is 5.32 Å². The minimum Gasteiger partial charge on any atom is -0.383 e. The van der Waals surface area contributed by atoms with Crippen molar-refractivity contribution < 1.29 is 9.59 Å². The zero-order valence-electron chi connectivity index (χ0n) is 13.2. The molecular weight excluding hydrogens is 262 g/mol. The van der Waals surface area contributed by atoms with Crippen molar-refractivity contribution in [3.05, 3.63) is 47.2 Å². The Balaban J connectivity index is 2.23. The van der Waals surface area contributed by atoms with E-state index in [9.17, 15) is 9.59 Å². The fourth-order valence-electron chi connectivity index (χ4n) is 2.88. The molecule has 0 spiro atoms. The minimum atomic E-state index is -0.159. The van der Waals surface area contributed by atoms with Crippen LogP contribution >= 0.6 is 0 Å². The van der Waals surface area contributed by atoms with Crippen molar-refractivity contribution in [2.75, 3.05) is 0 Å². The van der Waals surface area contributed by atoms with Crippen LogP contribution in [0.3, 0.4) is 0 Å². The molecular formula is C18H23NO2. The molecule has 3 heteroatoms. The number of ketones is 2. The van der Waals surface area contributed by atoms with Gasteiger partial charge in [-0.25, -0.2) is 0 Å². The van der Waals surface area contributed by atoms with Gasteiger partial charge in [0.25, 0.3) is 0 Å². The molecule has 3 nitrogen and oxygen atoms in total. The first-order chi connectivity index (χ1) is 9.78. The summed E-state index contributed by atoms with van der Waals surface area (Å²) in [7, 11) is 0. The van der Waals surface area contributed by atoms with Crippen LogP contribution in [0.15, 0.2) is 41.6 Å². The molecule has 112 valence electrons. The second-order valence-electron chi connectivity index (χ2n) is 6.74. The van der Waals surface area contributed by atoms with Gasteiger partial charge in [-0.3, -0.25) is 9.59 Å². The average molecular weight is 285 g/mol. The fraction of sp³-hybridized carbons (Fsp3) is 0.444. The lowest BCUT2D eigenvalue weighted by Gasteiger charge is -2.27. The summed E-state index contributed by atoms with van der Waals surface area (Å²) in [5.74, 6) is -0.0823. The van der Waals surface area contributed by atoms with Gasteiger partial charge >= 0.3 is 0 Å². The van der Waals surface area contributed by atoms with Crippen molar-refractivity contribution in [3.8, 4) is 0 Å². The Labute approximate surface area is 126 Å². The number of allylic oxidation sites excluding steroid dienone is 2. The highest BCUT2D eigenvalue weighted by Gasteiger charge is 2.33. The Morgan fingerprint density at radius 3 is 2.05 bits per heavy atom. The highest BCUT2D eigenvalue weighted by atomic mass is 16.1. The molecule has 0 saturated heterocycles. The lowest BCUT2D eigenvalue weighted by atomic mass is 9.79. The van der Waals surface area contributed by atoms with E-state index < -0.39 is 0 Å². The average Bonchev–Trinajstić information content (AvgIpc) is 2.36. The second kappa shape index (κ2) is 5.84. The molecule has 0 heterocycles. The quantitative estimate of drug-likeness (QED) is 0.669. The third-order valence-corrected chi connectivity index (χ3v) is 3.63. The predicted octanol–water partition coefficient (Wildman–Crippen LogP) is 3.36. The molecule has 0 amide bonds. The number of Topliss-reactive ketones (excluding diaryl/α,β-unsaturated/α-hetero) is 2. The van der Waals surface area contributed by atoms with Gasteiger partial charge in [0, 0.05) is 24.1 Å². The van der Waals surface area contributed by atoms with Crippen LogP contribution in [0.2, 0.25) is 0 Å². The van der Waals surface area contributed by atoms with E-state index in [-0.39, 0.29) is 23.0 Å². The summed E-state index contributed by atoms with van der Waals surface area (Å²) in [5, 5.41) is 3.24. The lowest BCUT2D eigenvalue weighted by molar-refractivity contribution is -0.124. The number of carbonyl (C=O) groups excluding carboxylic acids is 2. The number of hydrogen-bond acceptors (Lipinski definition) is 3. The number of benzene rings is 1. The Kier molecular flexibility index (Phi) is 4.31. The van der Waals surface area contributed by atoms with Gasteiger partial charge in [-0.15, -0.1) is 0 Å². The molecule has 1 aliphatic carbocycles. The van der Waals surface area contributed by atoms with E-state index in [1.165, 1.54) is 0 Å². The number of rotatable bonds is 2. The SMILES string of the molecule is CC(NC(C)(C)C)=C1C(=O)CC(c2ccccc2)CC1=O. The predicted molar refractivity (Wildman–Crippen MR) is 84.0 cm³/mol. The van der Waals surface area contributed by atoms with E-state index >= 15 is 0 Å². The van der Waals surface area contributed by atoms with Crippen molar-refractivity contribution in [2.24, 2.45) is 0 Å². The van der Waals surface area contributed by atoms with E-state index in [4.69, 9.17) is 0 Å². The Morgan fingerprint density at radius 1 is 1.05 bits per heavy atom. The zero-order valence-corrected chi connectivity index (χ0v) is 13.2. The summed E-state index contributed by atoms with van der Waals surface area (Å²) in [4.78, 5) is 24.8. The number of carbonyl (C=O) groups is 2. The van der Waals surface area contributed by atoms with Crippen molar-refractivity contribution >= 4 is 11.6 Å². The van der Waals surface area contributed by atoms with Crippen molar-refractivity contribution in [3.63, 3.8) is 0 Å². The second-order valence-corrected chi connectivity index (χ2v) is 6.74. The summed E-state index contributed by atoms with van der Waals surface area (Å²) < 4.78 is 0. The molecule has 1 aromatic rings. The largest absolute Gasteiger partial charge is 0.383 e. The number of nitrogens with one attached hydrogen (secondary N) is 1. The molecule has 0 unspecified atom stereocenters. The Hall–Kier alpha value is -1.90. The van der Waals surface area contributed by atoms with Gasteiger partial charge in [0.15, 0.2) is 11.6 Å². The Bertz CT molecular complexity index is 559. The summed E-state index contributed by atoms with van der Waals surface area (Å²) in [5.41, 5.74) is 1.97. The summed E-state index contributed by atoms with van der Waals surface area (Å²) in [6.45, 7) is 7.87. The molecule has 1 saturated carbocycles. The van der Waals surface area contributed by atoms with Crippen molar-refractivity contribution in [1.29, 1.82) is 0 Å². The highest BCUT2D eigenvalue weighted by molar-refractivity contribution is 6.22. The Morgan fingerprint density at radius 2 is 1.57 bits per heavy atom. The van der Waals surface area contributed by atoms with Crippen molar-refractivity contribution in [2.45, 2.75) is 52.0 Å². The van der Waals surface area contributed by atoms with Crippen LogP contribution in [0.4, 0.5) is 0 Å². The molecule has 1 fully saturated rings. The normalized spacial score (nSPS) is 19.6. The first-order valence-electron chi connectivity index (χ1n) is 7.38. The maximum atomic E-state index is 12.4. The summed E-state index contributed by atoms with van der Waals surface area (Å²) in [6, 6.07) is 9.81. The van der Waals surface area contributed by atoms with Crippen LogP contribution in [0.25, 0.3) is 0 Å². The molecule has 0 radical (unpaired) electrons. The van der Waals surface area contributed by atoms with Crippen LogP contribution in [-0.2, 0) is 9.59 Å². The third kappa shape index (κ3) is 3.81. The van der Waals surface area contributed by atoms with Gasteiger partial charge in [0.2, 0.25) is 0 Å². The molecule has 0 bridgehead atoms. The summed E-state index contributed by atoms with van der Waals surface area (Å²) >= 11 is 0.